The van der Waals surface area contributed by atoms with E-state index in [-0.39, 0.29) is 66.3 Å². The quantitative estimate of drug-likeness (QED) is 0.251. The second kappa shape index (κ2) is 16.0. The highest BCUT2D eigenvalue weighted by atomic mass is 19.4. The van der Waals surface area contributed by atoms with E-state index in [1.54, 1.807) is 19.0 Å². The molecule has 1 unspecified atom stereocenters. The number of halogens is 8. The maximum absolute atomic E-state index is 15.9. The summed E-state index contributed by atoms with van der Waals surface area (Å²) in [5, 5.41) is 12.1. The van der Waals surface area contributed by atoms with E-state index >= 15 is 4.39 Å². The van der Waals surface area contributed by atoms with Crippen molar-refractivity contribution in [3.63, 3.8) is 0 Å². The fourth-order valence-electron chi connectivity index (χ4n) is 6.37. The summed E-state index contributed by atoms with van der Waals surface area (Å²) < 4.78 is 122. The Morgan fingerprint density at radius 2 is 1.65 bits per heavy atom. The number of carboxylic acid groups (broad SMARTS) is 1. The molecular formula is C36H39F8N3O5. The van der Waals surface area contributed by atoms with Gasteiger partial charge < -0.3 is 24.6 Å². The molecule has 0 aliphatic carbocycles. The van der Waals surface area contributed by atoms with Crippen LogP contribution in [0, 0.1) is 24.5 Å². The number of aliphatic carboxylic acids is 1. The van der Waals surface area contributed by atoms with Crippen LogP contribution in [0.1, 0.15) is 78.9 Å². The fraction of sp³-hybridized carbons (Fsp3) is 0.472. The lowest BCUT2D eigenvalue weighted by Gasteiger charge is -2.27. The summed E-state index contributed by atoms with van der Waals surface area (Å²) >= 11 is 0. The summed E-state index contributed by atoms with van der Waals surface area (Å²) in [6.45, 7) is 3.35. The number of aromatic nitrogens is 1. The summed E-state index contributed by atoms with van der Waals surface area (Å²) in [4.78, 5) is 41.0. The third kappa shape index (κ3) is 9.69. The maximum atomic E-state index is 15.9. The van der Waals surface area contributed by atoms with Crippen LogP contribution in [0.4, 0.5) is 35.1 Å². The molecule has 1 aliphatic rings. The van der Waals surface area contributed by atoms with E-state index in [2.05, 4.69) is 5.32 Å². The Labute approximate surface area is 294 Å². The number of pyridine rings is 1. The van der Waals surface area contributed by atoms with Crippen molar-refractivity contribution < 1.29 is 54.6 Å². The van der Waals surface area contributed by atoms with Crippen molar-refractivity contribution in [2.45, 2.75) is 76.8 Å². The Kier molecular flexibility index (Phi) is 12.4. The number of hydrogen-bond donors (Lipinski definition) is 2. The van der Waals surface area contributed by atoms with Gasteiger partial charge in [-0.2, -0.15) is 26.3 Å². The second-order valence-corrected chi connectivity index (χ2v) is 13.4. The molecule has 1 amide bonds. The van der Waals surface area contributed by atoms with E-state index in [0.29, 0.717) is 25.0 Å². The molecule has 2 aromatic carbocycles. The van der Waals surface area contributed by atoms with Crippen molar-refractivity contribution in [2.24, 2.45) is 5.92 Å². The Bertz CT molecular complexity index is 1860. The van der Waals surface area contributed by atoms with Crippen LogP contribution in [0.5, 0.6) is 5.75 Å². The average Bonchev–Trinajstić information content (AvgIpc) is 3.01. The molecule has 16 heteroatoms. The van der Waals surface area contributed by atoms with Crippen molar-refractivity contribution in [3.8, 4) is 16.9 Å². The minimum absolute atomic E-state index is 0.0143. The van der Waals surface area contributed by atoms with Gasteiger partial charge in [-0.05, 0) is 93.9 Å². The highest BCUT2D eigenvalue weighted by Crippen LogP contribution is 2.42. The lowest BCUT2D eigenvalue weighted by Crippen LogP contribution is -2.40. The van der Waals surface area contributed by atoms with Crippen LogP contribution >= 0.6 is 0 Å². The standard InChI is InChI=1S/C36H39F8N3O5/c1-19-6-5-11-52-29-15-23(37)12-20(2)32(29)22-13-24(33(38)26(14-22)36(42,43)44)27(17-31(49)50)45-34(51)28(8-7-19)47-18-21(9-10-46(3)4)25(16-30(47)48)35(39,40)41/h12-16,18-19,27-28H,5-11,17H2,1-4H3,(H,45,51)(H,49,50)/t19?,27-,28-/m0/s1. The average molecular weight is 746 g/mol. The number of fused-ring (bicyclic) bond motifs is 4. The SMILES string of the molecule is Cc1cc(F)cc2c1-c1cc(c(F)c(C(F)(F)F)c1)[C@H](CC(=O)O)NC(=O)[C@@H](n1cc(CCN(C)C)c(C(F)(F)F)cc1=O)CCC(C)CCCO2. The molecule has 2 N–H and O–H groups in total. The van der Waals surface area contributed by atoms with Gasteiger partial charge in [0.2, 0.25) is 5.91 Å². The van der Waals surface area contributed by atoms with Crippen molar-refractivity contribution in [1.82, 2.24) is 14.8 Å². The highest BCUT2D eigenvalue weighted by Gasteiger charge is 2.39. The van der Waals surface area contributed by atoms with Crippen LogP contribution in [0.3, 0.4) is 0 Å². The predicted molar refractivity (Wildman–Crippen MR) is 175 cm³/mol. The van der Waals surface area contributed by atoms with Crippen LogP contribution < -0.4 is 15.6 Å². The van der Waals surface area contributed by atoms with Crippen molar-refractivity contribution in [1.29, 1.82) is 0 Å². The van der Waals surface area contributed by atoms with Crippen molar-refractivity contribution in [3.05, 3.63) is 86.3 Å². The molecule has 2 heterocycles. The molecule has 0 saturated heterocycles. The lowest BCUT2D eigenvalue weighted by molar-refractivity contribution is -0.140. The monoisotopic (exact) mass is 745 g/mol. The number of nitrogens with one attached hydrogen (secondary N) is 1. The van der Waals surface area contributed by atoms with Crippen molar-refractivity contribution >= 4 is 11.9 Å². The van der Waals surface area contributed by atoms with Gasteiger partial charge in [-0.1, -0.05) is 6.92 Å². The summed E-state index contributed by atoms with van der Waals surface area (Å²) in [6, 6.07) is 0.260. The van der Waals surface area contributed by atoms with Gasteiger partial charge in [0.05, 0.1) is 30.2 Å². The van der Waals surface area contributed by atoms with Gasteiger partial charge in [0.25, 0.3) is 5.56 Å². The number of hydrogen-bond acceptors (Lipinski definition) is 5. The molecule has 1 aromatic heterocycles. The van der Waals surface area contributed by atoms with E-state index in [0.717, 1.165) is 29.0 Å². The van der Waals surface area contributed by atoms with Gasteiger partial charge in [0.1, 0.15) is 23.4 Å². The zero-order valence-corrected chi connectivity index (χ0v) is 28.9. The van der Waals surface area contributed by atoms with Gasteiger partial charge in [0.15, 0.2) is 0 Å². The Hall–Kier alpha value is -4.47. The third-order valence-corrected chi connectivity index (χ3v) is 9.00. The topological polar surface area (TPSA) is 101 Å². The number of aryl methyl sites for hydroxylation is 1. The Balaban J connectivity index is 1.96. The first-order chi connectivity index (χ1) is 24.2. The molecule has 0 spiro atoms. The van der Waals surface area contributed by atoms with E-state index in [1.165, 1.54) is 6.92 Å². The molecule has 0 saturated carbocycles. The molecule has 2 bridgehead atoms. The molecule has 284 valence electrons. The minimum Gasteiger partial charge on any atom is -0.493 e. The molecule has 8 nitrogen and oxygen atoms in total. The first-order valence-corrected chi connectivity index (χ1v) is 16.5. The van der Waals surface area contributed by atoms with Gasteiger partial charge in [-0.25, -0.2) is 8.78 Å². The maximum Gasteiger partial charge on any atom is 0.419 e. The molecule has 52 heavy (non-hydrogen) atoms. The second-order valence-electron chi connectivity index (χ2n) is 13.4. The molecule has 3 aromatic rings. The molecule has 0 radical (unpaired) electrons. The lowest BCUT2D eigenvalue weighted by atomic mass is 9.91. The predicted octanol–water partition coefficient (Wildman–Crippen LogP) is 7.71. The summed E-state index contributed by atoms with van der Waals surface area (Å²) in [7, 11) is 3.26. The smallest absolute Gasteiger partial charge is 0.419 e. The molecule has 3 atom stereocenters. The molecule has 0 fully saturated rings. The van der Waals surface area contributed by atoms with Crippen molar-refractivity contribution in [2.75, 3.05) is 27.2 Å². The van der Waals surface area contributed by atoms with Crippen LogP contribution in [-0.2, 0) is 28.4 Å². The number of benzene rings is 2. The number of alkyl halides is 6. The van der Waals surface area contributed by atoms with Crippen LogP contribution in [0.25, 0.3) is 11.1 Å². The van der Waals surface area contributed by atoms with Crippen LogP contribution in [-0.4, -0.2) is 53.7 Å². The number of carbonyl (C=O) groups is 2. The molecule has 4 rings (SSSR count). The van der Waals surface area contributed by atoms with Gasteiger partial charge in [-0.3, -0.25) is 14.4 Å². The van der Waals surface area contributed by atoms with Gasteiger partial charge in [-0.15, -0.1) is 0 Å². The zero-order chi connectivity index (χ0) is 38.7. The zero-order valence-electron chi connectivity index (χ0n) is 28.9. The fourth-order valence-corrected chi connectivity index (χ4v) is 6.37. The first-order valence-electron chi connectivity index (χ1n) is 16.5. The Morgan fingerprint density at radius 3 is 2.27 bits per heavy atom. The number of rotatable bonds is 6. The summed E-state index contributed by atoms with van der Waals surface area (Å²) in [5.74, 6) is -5.67. The highest BCUT2D eigenvalue weighted by molar-refractivity contribution is 5.82. The summed E-state index contributed by atoms with van der Waals surface area (Å²) in [5.41, 5.74) is -5.56. The first kappa shape index (κ1) is 40.3. The number of nitrogens with zero attached hydrogens (tertiary/aromatic N) is 2. The largest absolute Gasteiger partial charge is 0.493 e. The Morgan fingerprint density at radius 1 is 0.981 bits per heavy atom. The van der Waals surface area contributed by atoms with Crippen LogP contribution in [0.15, 0.2) is 41.3 Å². The third-order valence-electron chi connectivity index (χ3n) is 9.00. The van der Waals surface area contributed by atoms with E-state index in [1.807, 2.05) is 6.92 Å². The van der Waals surface area contributed by atoms with Gasteiger partial charge in [0, 0.05) is 36.0 Å². The number of ether oxygens (including phenoxy) is 1. The molecular weight excluding hydrogens is 706 g/mol. The molecule has 1 aliphatic heterocycles. The van der Waals surface area contributed by atoms with Crippen LogP contribution in [0.2, 0.25) is 0 Å². The van der Waals surface area contributed by atoms with E-state index in [9.17, 15) is 50.2 Å². The minimum atomic E-state index is -5.31. The van der Waals surface area contributed by atoms with E-state index in [4.69, 9.17) is 4.74 Å². The normalized spacial score (nSPS) is 19.2. The number of carbonyl (C=O) groups excluding carboxylic acids is 1. The van der Waals surface area contributed by atoms with Gasteiger partial charge >= 0.3 is 18.3 Å². The summed E-state index contributed by atoms with van der Waals surface area (Å²) in [6.07, 6.45) is -9.69. The number of amides is 1. The number of likely N-dealkylation sites (N-methyl/N-ethyl adjacent to an activating group) is 1. The van der Waals surface area contributed by atoms with E-state index < -0.39 is 76.6 Å². The number of carboxylic acids is 1.